The predicted octanol–water partition coefficient (Wildman–Crippen LogP) is 4.41. The highest BCUT2D eigenvalue weighted by Gasteiger charge is 2.27. The van der Waals surface area contributed by atoms with E-state index >= 15 is 0 Å². The van der Waals surface area contributed by atoms with Crippen LogP contribution in [0.3, 0.4) is 0 Å². The Balaban J connectivity index is 1.79. The van der Waals surface area contributed by atoms with Crippen LogP contribution >= 0.6 is 11.6 Å². The number of hydrogen-bond donors (Lipinski definition) is 0. The van der Waals surface area contributed by atoms with Gasteiger partial charge >= 0.3 is 5.97 Å². The molecule has 1 atom stereocenters. The number of ketones is 1. The normalized spacial score (nSPS) is 16.9. The van der Waals surface area contributed by atoms with Crippen LogP contribution in [0.2, 0.25) is 5.02 Å². The number of ether oxygens (including phenoxy) is 1. The second-order valence-electron chi connectivity index (χ2n) is 9.14. The van der Waals surface area contributed by atoms with Crippen molar-refractivity contribution in [3.8, 4) is 0 Å². The Morgan fingerprint density at radius 2 is 1.77 bits per heavy atom. The number of benzene rings is 1. The second kappa shape index (κ2) is 11.0. The van der Waals surface area contributed by atoms with Crippen LogP contribution in [0.25, 0.3) is 0 Å². The summed E-state index contributed by atoms with van der Waals surface area (Å²) in [7, 11) is 0. The molecule has 172 valence electrons. The molecule has 0 unspecified atom stereocenters. The van der Waals surface area contributed by atoms with Crippen LogP contribution in [0.15, 0.2) is 18.2 Å². The van der Waals surface area contributed by atoms with Gasteiger partial charge in [-0.25, -0.2) is 0 Å². The van der Waals surface area contributed by atoms with E-state index in [1.807, 2.05) is 17.0 Å². The second-order valence-corrected chi connectivity index (χ2v) is 9.54. The highest BCUT2D eigenvalue weighted by Crippen LogP contribution is 2.27. The average molecular weight is 451 g/mol. The molecular formula is C24H35ClN2O4. The van der Waals surface area contributed by atoms with E-state index in [0.717, 1.165) is 29.2 Å². The van der Waals surface area contributed by atoms with Crippen molar-refractivity contribution in [2.75, 3.05) is 24.5 Å². The summed E-state index contributed by atoms with van der Waals surface area (Å²) in [5, 5.41) is 0.782. The number of carbonyl (C=O) groups is 3. The fraction of sp³-hybridized carbons (Fsp3) is 0.625. The Hall–Kier alpha value is -2.08. The van der Waals surface area contributed by atoms with Crippen molar-refractivity contribution in [1.29, 1.82) is 0 Å². The highest BCUT2D eigenvalue weighted by molar-refractivity contribution is 6.31. The lowest BCUT2D eigenvalue weighted by atomic mass is 10.1. The van der Waals surface area contributed by atoms with Gasteiger partial charge in [-0.1, -0.05) is 18.5 Å². The van der Waals surface area contributed by atoms with Crippen LogP contribution in [0.1, 0.15) is 65.9 Å². The van der Waals surface area contributed by atoms with E-state index in [1.54, 1.807) is 20.8 Å². The lowest BCUT2D eigenvalue weighted by Crippen LogP contribution is -2.53. The largest absolute Gasteiger partial charge is 0.460 e. The maximum atomic E-state index is 12.6. The van der Waals surface area contributed by atoms with Gasteiger partial charge in [0.05, 0.1) is 6.42 Å². The summed E-state index contributed by atoms with van der Waals surface area (Å²) in [6, 6.07) is 6.26. The molecule has 1 fully saturated rings. The number of amides is 1. The molecule has 1 aliphatic rings. The average Bonchev–Trinajstić information content (AvgIpc) is 2.69. The van der Waals surface area contributed by atoms with Gasteiger partial charge in [0, 0.05) is 55.6 Å². The van der Waals surface area contributed by atoms with E-state index in [-0.39, 0.29) is 49.4 Å². The third kappa shape index (κ3) is 7.84. The number of anilines is 1. The molecule has 0 bridgehead atoms. The molecule has 0 aliphatic carbocycles. The van der Waals surface area contributed by atoms with Crippen LogP contribution in [-0.2, 0) is 25.5 Å². The van der Waals surface area contributed by atoms with Gasteiger partial charge in [0.1, 0.15) is 11.4 Å². The zero-order chi connectivity index (χ0) is 23.2. The summed E-state index contributed by atoms with van der Waals surface area (Å²) in [4.78, 5) is 40.6. The summed E-state index contributed by atoms with van der Waals surface area (Å²) >= 11 is 6.24. The first-order chi connectivity index (χ1) is 14.5. The number of hydrogen-bond acceptors (Lipinski definition) is 5. The molecule has 7 heteroatoms. The number of nitrogens with zero attached hydrogens (tertiary/aromatic N) is 2. The minimum absolute atomic E-state index is 0.0116. The van der Waals surface area contributed by atoms with Crippen molar-refractivity contribution in [3.05, 3.63) is 28.8 Å². The first-order valence-electron chi connectivity index (χ1n) is 11.1. The molecule has 0 spiro atoms. The van der Waals surface area contributed by atoms with Crippen LogP contribution in [0, 0.1) is 0 Å². The minimum atomic E-state index is -0.556. The van der Waals surface area contributed by atoms with Crippen molar-refractivity contribution in [1.82, 2.24) is 4.90 Å². The molecule has 0 N–H and O–H groups in total. The number of halogens is 1. The van der Waals surface area contributed by atoms with Crippen LogP contribution in [0.4, 0.5) is 5.69 Å². The van der Waals surface area contributed by atoms with Gasteiger partial charge in [0.15, 0.2) is 0 Å². The fourth-order valence-electron chi connectivity index (χ4n) is 3.74. The molecular weight excluding hydrogens is 416 g/mol. The SMILES string of the molecule is CCc1cc(N2CCN(C(=O)CCC(=O)CCC(=O)OC(C)(C)C)C[C@@H]2C)ccc1Cl. The number of rotatable bonds is 8. The van der Waals surface area contributed by atoms with E-state index in [9.17, 15) is 14.4 Å². The van der Waals surface area contributed by atoms with Crippen LogP contribution < -0.4 is 4.90 Å². The maximum absolute atomic E-state index is 12.6. The molecule has 31 heavy (non-hydrogen) atoms. The number of esters is 1. The van der Waals surface area contributed by atoms with E-state index in [1.165, 1.54) is 0 Å². The zero-order valence-electron chi connectivity index (χ0n) is 19.4. The molecule has 1 amide bonds. The molecule has 1 aliphatic heterocycles. The molecule has 0 aromatic heterocycles. The Kier molecular flexibility index (Phi) is 8.92. The molecule has 1 aromatic rings. The smallest absolute Gasteiger partial charge is 0.306 e. The minimum Gasteiger partial charge on any atom is -0.460 e. The summed E-state index contributed by atoms with van der Waals surface area (Å²) in [5.41, 5.74) is 1.69. The van der Waals surface area contributed by atoms with E-state index < -0.39 is 5.60 Å². The molecule has 0 radical (unpaired) electrons. The Labute approximate surface area is 190 Å². The quantitative estimate of drug-likeness (QED) is 0.549. The topological polar surface area (TPSA) is 66.9 Å². The summed E-state index contributed by atoms with van der Waals surface area (Å²) in [6.45, 7) is 11.6. The summed E-state index contributed by atoms with van der Waals surface area (Å²) < 4.78 is 5.21. The molecule has 0 saturated carbocycles. The molecule has 1 heterocycles. The van der Waals surface area contributed by atoms with Gasteiger partial charge in [-0.05, 0) is 57.9 Å². The van der Waals surface area contributed by atoms with Gasteiger partial charge in [-0.3, -0.25) is 14.4 Å². The lowest BCUT2D eigenvalue weighted by Gasteiger charge is -2.41. The number of piperazine rings is 1. The Bertz CT molecular complexity index is 803. The van der Waals surface area contributed by atoms with Gasteiger partial charge in [-0.15, -0.1) is 0 Å². The monoisotopic (exact) mass is 450 g/mol. The number of carbonyl (C=O) groups excluding carboxylic acids is 3. The summed E-state index contributed by atoms with van der Waals surface area (Å²) in [5.74, 6) is -0.479. The standard InChI is InChI=1S/C24H35ClN2O4/c1-6-18-15-19(7-10-21(18)25)27-14-13-26(16-17(27)2)22(29)11-8-20(28)9-12-23(30)31-24(3,4)5/h7,10,15,17H,6,8-9,11-14,16H2,1-5H3/t17-/m0/s1. The fourth-order valence-corrected chi connectivity index (χ4v) is 3.99. The highest BCUT2D eigenvalue weighted by atomic mass is 35.5. The van der Waals surface area contributed by atoms with E-state index in [2.05, 4.69) is 24.8 Å². The van der Waals surface area contributed by atoms with Gasteiger partial charge < -0.3 is 14.5 Å². The lowest BCUT2D eigenvalue weighted by molar-refractivity contribution is -0.155. The maximum Gasteiger partial charge on any atom is 0.306 e. The number of Topliss-reactive ketones (excluding diaryl/α,β-unsaturated/α-hetero) is 1. The van der Waals surface area contributed by atoms with Crippen molar-refractivity contribution in [2.24, 2.45) is 0 Å². The van der Waals surface area contributed by atoms with Crippen molar-refractivity contribution in [2.45, 2.75) is 78.4 Å². The summed E-state index contributed by atoms with van der Waals surface area (Å²) in [6.07, 6.45) is 1.39. The first-order valence-corrected chi connectivity index (χ1v) is 11.4. The van der Waals surface area contributed by atoms with Crippen LogP contribution in [-0.4, -0.2) is 53.8 Å². The van der Waals surface area contributed by atoms with Crippen LogP contribution in [0.5, 0.6) is 0 Å². The Morgan fingerprint density at radius 1 is 1.10 bits per heavy atom. The van der Waals surface area contributed by atoms with Gasteiger partial charge in [-0.2, -0.15) is 0 Å². The zero-order valence-corrected chi connectivity index (χ0v) is 20.1. The van der Waals surface area contributed by atoms with E-state index in [4.69, 9.17) is 16.3 Å². The molecule has 1 aromatic carbocycles. The van der Waals surface area contributed by atoms with Gasteiger partial charge in [0.2, 0.25) is 5.91 Å². The molecule has 1 saturated heterocycles. The van der Waals surface area contributed by atoms with Crippen molar-refractivity contribution < 1.29 is 19.1 Å². The predicted molar refractivity (Wildman–Crippen MR) is 124 cm³/mol. The van der Waals surface area contributed by atoms with Crippen molar-refractivity contribution in [3.63, 3.8) is 0 Å². The molecule has 2 rings (SSSR count). The third-order valence-electron chi connectivity index (χ3n) is 5.37. The Morgan fingerprint density at radius 3 is 2.39 bits per heavy atom. The van der Waals surface area contributed by atoms with E-state index in [0.29, 0.717) is 13.1 Å². The van der Waals surface area contributed by atoms with Gasteiger partial charge in [0.25, 0.3) is 0 Å². The number of aryl methyl sites for hydroxylation is 1. The third-order valence-corrected chi connectivity index (χ3v) is 5.74. The molecule has 6 nitrogen and oxygen atoms in total. The van der Waals surface area contributed by atoms with Crippen molar-refractivity contribution >= 4 is 34.9 Å². The first kappa shape index (κ1) is 25.2.